The van der Waals surface area contributed by atoms with Gasteiger partial charge in [0.2, 0.25) is 0 Å². The van der Waals surface area contributed by atoms with Gasteiger partial charge in [-0.3, -0.25) is 14.9 Å². The topological polar surface area (TPSA) is 111 Å². The fourth-order valence-electron chi connectivity index (χ4n) is 3.76. The number of amides is 1. The molecule has 0 atom stereocenters. The highest BCUT2D eigenvalue weighted by Gasteiger charge is 2.24. The lowest BCUT2D eigenvalue weighted by molar-refractivity contribution is -0.384. The number of carbonyl (C=O) groups is 2. The number of rotatable bonds is 6. The Morgan fingerprint density at radius 1 is 1.24 bits per heavy atom. The van der Waals surface area contributed by atoms with Crippen molar-refractivity contribution >= 4 is 23.3 Å². The zero-order chi connectivity index (χ0) is 20.8. The maximum Gasteiger partial charge on any atom is 0.338 e. The van der Waals surface area contributed by atoms with Gasteiger partial charge in [-0.2, -0.15) is 0 Å². The molecule has 0 aromatic heterocycles. The predicted molar refractivity (Wildman–Crippen MR) is 106 cm³/mol. The molecule has 0 bridgehead atoms. The van der Waals surface area contributed by atoms with Crippen molar-refractivity contribution in [2.75, 3.05) is 37.8 Å². The van der Waals surface area contributed by atoms with Gasteiger partial charge in [-0.05, 0) is 43.7 Å². The average Bonchev–Trinajstić information content (AvgIpc) is 2.74. The minimum atomic E-state index is -0.756. The van der Waals surface area contributed by atoms with Crippen molar-refractivity contribution < 1.29 is 24.0 Å². The van der Waals surface area contributed by atoms with Gasteiger partial charge in [0.1, 0.15) is 5.69 Å². The molecule has 1 aliphatic heterocycles. The summed E-state index contributed by atoms with van der Waals surface area (Å²) in [5, 5.41) is 14.4. The number of nitro benzene ring substituents is 1. The van der Waals surface area contributed by atoms with Crippen LogP contribution in [0.1, 0.15) is 43.0 Å². The van der Waals surface area contributed by atoms with Crippen LogP contribution in [0.15, 0.2) is 18.2 Å². The van der Waals surface area contributed by atoms with Crippen molar-refractivity contribution in [3.8, 4) is 0 Å². The second kappa shape index (κ2) is 9.69. The first-order valence-electron chi connectivity index (χ1n) is 10.0. The zero-order valence-electron chi connectivity index (χ0n) is 16.6. The molecule has 2 aliphatic rings. The van der Waals surface area contributed by atoms with E-state index in [0.717, 1.165) is 25.7 Å². The minimum Gasteiger partial charge on any atom is -0.452 e. The summed E-state index contributed by atoms with van der Waals surface area (Å²) in [6.45, 7) is 3.88. The summed E-state index contributed by atoms with van der Waals surface area (Å²) in [5.74, 6) is -0.427. The Morgan fingerprint density at radius 2 is 1.93 bits per heavy atom. The highest BCUT2D eigenvalue weighted by Crippen LogP contribution is 2.30. The first-order chi connectivity index (χ1) is 13.9. The van der Waals surface area contributed by atoms with E-state index in [1.54, 1.807) is 6.07 Å². The molecule has 1 saturated heterocycles. The molecule has 9 heteroatoms. The van der Waals surface area contributed by atoms with E-state index in [4.69, 9.17) is 9.47 Å². The fourth-order valence-corrected chi connectivity index (χ4v) is 3.76. The van der Waals surface area contributed by atoms with Crippen molar-refractivity contribution in [3.63, 3.8) is 0 Å². The number of hydrogen-bond acceptors (Lipinski definition) is 7. The largest absolute Gasteiger partial charge is 0.452 e. The van der Waals surface area contributed by atoms with Crippen molar-refractivity contribution in [2.24, 2.45) is 5.92 Å². The van der Waals surface area contributed by atoms with E-state index in [-0.39, 0.29) is 23.2 Å². The van der Waals surface area contributed by atoms with E-state index in [0.29, 0.717) is 37.9 Å². The smallest absolute Gasteiger partial charge is 0.338 e. The monoisotopic (exact) mass is 405 g/mol. The highest BCUT2D eigenvalue weighted by molar-refractivity contribution is 5.93. The molecule has 0 radical (unpaired) electrons. The molecule has 1 saturated carbocycles. The number of nitro groups is 1. The SMILES string of the molecule is CC1CCC(NC(=O)COC(=O)c2ccc(N3CCOCC3)c([N+](=O)[O-])c2)CC1. The Balaban J connectivity index is 1.58. The summed E-state index contributed by atoms with van der Waals surface area (Å²) in [7, 11) is 0. The number of hydrogen-bond donors (Lipinski definition) is 1. The molecule has 1 aromatic carbocycles. The molecule has 158 valence electrons. The van der Waals surface area contributed by atoms with Crippen LogP contribution in [-0.4, -0.2) is 55.8 Å². The molecule has 29 heavy (non-hydrogen) atoms. The normalized spacial score (nSPS) is 22.0. The predicted octanol–water partition coefficient (Wildman–Crippen LogP) is 2.28. The summed E-state index contributed by atoms with van der Waals surface area (Å²) in [6.07, 6.45) is 4.00. The number of anilines is 1. The van der Waals surface area contributed by atoms with Crippen molar-refractivity contribution in [2.45, 2.75) is 38.6 Å². The second-order valence-corrected chi connectivity index (χ2v) is 7.66. The number of esters is 1. The van der Waals surface area contributed by atoms with Gasteiger partial charge in [0.15, 0.2) is 6.61 Å². The number of carbonyl (C=O) groups excluding carboxylic acids is 2. The standard InChI is InChI=1S/C20H27N3O6/c1-14-2-5-16(6-3-14)21-19(24)13-29-20(25)15-4-7-17(18(12-15)23(26)27)22-8-10-28-11-9-22/h4,7,12,14,16H,2-3,5-6,8-11,13H2,1H3,(H,21,24). The van der Waals surface area contributed by atoms with E-state index in [2.05, 4.69) is 12.2 Å². The summed E-state index contributed by atoms with van der Waals surface area (Å²) < 4.78 is 10.3. The maximum atomic E-state index is 12.3. The molecule has 9 nitrogen and oxygen atoms in total. The van der Waals surface area contributed by atoms with Gasteiger partial charge in [0.05, 0.1) is 23.7 Å². The highest BCUT2D eigenvalue weighted by atomic mass is 16.6. The van der Waals surface area contributed by atoms with E-state index >= 15 is 0 Å². The van der Waals surface area contributed by atoms with Gasteiger partial charge in [-0.25, -0.2) is 4.79 Å². The van der Waals surface area contributed by atoms with Crippen LogP contribution >= 0.6 is 0 Å². The van der Waals surface area contributed by atoms with Crippen LogP contribution in [0.2, 0.25) is 0 Å². The lowest BCUT2D eigenvalue weighted by atomic mass is 9.87. The molecule has 1 heterocycles. The van der Waals surface area contributed by atoms with Gasteiger partial charge in [-0.15, -0.1) is 0 Å². The quantitative estimate of drug-likeness (QED) is 0.439. The molecule has 1 aliphatic carbocycles. The third kappa shape index (κ3) is 5.66. The first kappa shape index (κ1) is 21.0. The van der Waals surface area contributed by atoms with Gasteiger partial charge in [0, 0.05) is 25.2 Å². The molecular weight excluding hydrogens is 378 g/mol. The number of morpholine rings is 1. The van der Waals surface area contributed by atoms with Crippen LogP contribution in [-0.2, 0) is 14.3 Å². The lowest BCUT2D eigenvalue weighted by Gasteiger charge is -2.28. The number of ether oxygens (including phenoxy) is 2. The van der Waals surface area contributed by atoms with Crippen LogP contribution in [0.3, 0.4) is 0 Å². The van der Waals surface area contributed by atoms with Gasteiger partial charge in [-0.1, -0.05) is 6.92 Å². The number of nitrogens with zero attached hydrogens (tertiary/aromatic N) is 2. The van der Waals surface area contributed by atoms with E-state index < -0.39 is 17.5 Å². The van der Waals surface area contributed by atoms with Gasteiger partial charge in [0.25, 0.3) is 11.6 Å². The van der Waals surface area contributed by atoms with Crippen molar-refractivity contribution in [1.82, 2.24) is 5.32 Å². The Bertz CT molecular complexity index is 755. The Hall–Kier alpha value is -2.68. The minimum absolute atomic E-state index is 0.0491. The molecule has 1 aromatic rings. The Kier molecular flexibility index (Phi) is 7.03. The van der Waals surface area contributed by atoms with Crippen LogP contribution in [0.25, 0.3) is 0 Å². The molecule has 3 rings (SSSR count). The van der Waals surface area contributed by atoms with Crippen LogP contribution in [0.5, 0.6) is 0 Å². The second-order valence-electron chi connectivity index (χ2n) is 7.66. The molecule has 0 spiro atoms. The molecular formula is C20H27N3O6. The van der Waals surface area contributed by atoms with Crippen molar-refractivity contribution in [3.05, 3.63) is 33.9 Å². The van der Waals surface area contributed by atoms with Crippen LogP contribution in [0, 0.1) is 16.0 Å². The summed E-state index contributed by atoms with van der Waals surface area (Å²) in [6, 6.07) is 4.35. The van der Waals surface area contributed by atoms with Crippen LogP contribution < -0.4 is 10.2 Å². The third-order valence-corrected chi connectivity index (χ3v) is 5.47. The molecule has 1 N–H and O–H groups in total. The van der Waals surface area contributed by atoms with E-state index in [1.165, 1.54) is 12.1 Å². The third-order valence-electron chi connectivity index (χ3n) is 5.47. The van der Waals surface area contributed by atoms with Crippen LogP contribution in [0.4, 0.5) is 11.4 Å². The van der Waals surface area contributed by atoms with Gasteiger partial charge >= 0.3 is 5.97 Å². The first-order valence-corrected chi connectivity index (χ1v) is 10.0. The van der Waals surface area contributed by atoms with Gasteiger partial charge < -0.3 is 19.7 Å². The summed E-state index contributed by atoms with van der Waals surface area (Å²) >= 11 is 0. The summed E-state index contributed by atoms with van der Waals surface area (Å²) in [5.41, 5.74) is 0.328. The number of benzene rings is 1. The van der Waals surface area contributed by atoms with Crippen molar-refractivity contribution in [1.29, 1.82) is 0 Å². The molecule has 2 fully saturated rings. The number of nitrogens with one attached hydrogen (secondary N) is 1. The Labute approximate surface area is 169 Å². The molecule has 0 unspecified atom stereocenters. The fraction of sp³-hybridized carbons (Fsp3) is 0.600. The van der Waals surface area contributed by atoms with E-state index in [1.807, 2.05) is 4.90 Å². The average molecular weight is 405 g/mol. The Morgan fingerprint density at radius 3 is 2.59 bits per heavy atom. The summed E-state index contributed by atoms with van der Waals surface area (Å²) in [4.78, 5) is 37.2. The maximum absolute atomic E-state index is 12.3. The molecule has 1 amide bonds. The zero-order valence-corrected chi connectivity index (χ0v) is 16.6. The lowest BCUT2D eigenvalue weighted by Crippen LogP contribution is -2.39. The van der Waals surface area contributed by atoms with E-state index in [9.17, 15) is 19.7 Å².